The predicted octanol–water partition coefficient (Wildman–Crippen LogP) is 3.53. The maximum Gasteiger partial charge on any atom is 0.374 e. The van der Waals surface area contributed by atoms with Gasteiger partial charge in [0.2, 0.25) is 5.76 Å². The van der Waals surface area contributed by atoms with E-state index in [0.29, 0.717) is 12.4 Å². The third kappa shape index (κ3) is 1.82. The first kappa shape index (κ1) is 11.7. The van der Waals surface area contributed by atoms with Crippen LogP contribution in [0.15, 0.2) is 16.5 Å². The van der Waals surface area contributed by atoms with Crippen LogP contribution in [0.25, 0.3) is 11.0 Å². The predicted molar refractivity (Wildman–Crippen MR) is 66.4 cm³/mol. The van der Waals surface area contributed by atoms with Gasteiger partial charge in [-0.3, -0.25) is 0 Å². The lowest BCUT2D eigenvalue weighted by Crippen LogP contribution is -2.04. The molecule has 90 valence electrons. The van der Waals surface area contributed by atoms with Gasteiger partial charge in [-0.15, -0.1) is 0 Å². The monoisotopic (exact) mass is 232 g/mol. The number of furan rings is 1. The molecule has 3 nitrogen and oxygen atoms in total. The van der Waals surface area contributed by atoms with Gasteiger partial charge < -0.3 is 9.15 Å². The fourth-order valence-electron chi connectivity index (χ4n) is 2.03. The number of benzene rings is 1. The van der Waals surface area contributed by atoms with Crippen molar-refractivity contribution in [2.45, 2.75) is 27.7 Å². The second-order valence-electron chi connectivity index (χ2n) is 4.16. The van der Waals surface area contributed by atoms with Crippen LogP contribution >= 0.6 is 0 Å². The van der Waals surface area contributed by atoms with Crippen molar-refractivity contribution in [3.05, 3.63) is 34.6 Å². The number of hydrogen-bond donors (Lipinski definition) is 0. The molecule has 17 heavy (non-hydrogen) atoms. The number of ether oxygens (including phenoxy) is 1. The van der Waals surface area contributed by atoms with Crippen LogP contribution in [0.4, 0.5) is 0 Å². The summed E-state index contributed by atoms with van der Waals surface area (Å²) in [6, 6.07) is 3.89. The van der Waals surface area contributed by atoms with Gasteiger partial charge in [0.1, 0.15) is 5.58 Å². The number of rotatable bonds is 2. The minimum Gasteiger partial charge on any atom is -0.460 e. The maximum atomic E-state index is 11.7. The molecule has 3 heteroatoms. The van der Waals surface area contributed by atoms with Crippen LogP contribution in [0, 0.1) is 20.8 Å². The fraction of sp³-hybridized carbons (Fsp3) is 0.357. The minimum atomic E-state index is -0.391. The number of esters is 1. The van der Waals surface area contributed by atoms with Gasteiger partial charge in [-0.25, -0.2) is 4.79 Å². The summed E-state index contributed by atoms with van der Waals surface area (Å²) in [5.41, 5.74) is 3.95. The van der Waals surface area contributed by atoms with Gasteiger partial charge in [0.15, 0.2) is 0 Å². The molecule has 0 unspecified atom stereocenters. The standard InChI is InChI=1S/C14H16O3/c1-5-16-14(15)13-10(4)12-9(3)8(2)6-7-11(12)17-13/h6-7H,5H2,1-4H3. The third-order valence-corrected chi connectivity index (χ3v) is 3.09. The first-order valence-electron chi connectivity index (χ1n) is 5.72. The van der Waals surface area contributed by atoms with Crippen LogP contribution in [0.2, 0.25) is 0 Å². The fourth-order valence-corrected chi connectivity index (χ4v) is 2.03. The quantitative estimate of drug-likeness (QED) is 0.743. The molecule has 0 atom stereocenters. The molecule has 0 N–H and O–H groups in total. The molecule has 0 saturated heterocycles. The zero-order chi connectivity index (χ0) is 12.6. The topological polar surface area (TPSA) is 39.4 Å². The Bertz CT molecular complexity index is 579. The SMILES string of the molecule is CCOC(=O)c1oc2ccc(C)c(C)c2c1C. The summed E-state index contributed by atoms with van der Waals surface area (Å²) in [6.07, 6.45) is 0. The van der Waals surface area contributed by atoms with Gasteiger partial charge in [-0.1, -0.05) is 6.07 Å². The molecule has 0 aliphatic rings. The van der Waals surface area contributed by atoms with E-state index in [9.17, 15) is 4.79 Å². The van der Waals surface area contributed by atoms with Crippen LogP contribution in [0.3, 0.4) is 0 Å². The van der Waals surface area contributed by atoms with Gasteiger partial charge in [-0.2, -0.15) is 0 Å². The van der Waals surface area contributed by atoms with Gasteiger partial charge in [0.05, 0.1) is 6.61 Å². The molecule has 0 amide bonds. The lowest BCUT2D eigenvalue weighted by Gasteiger charge is -2.01. The zero-order valence-electron chi connectivity index (χ0n) is 10.6. The molecule has 0 radical (unpaired) electrons. The Morgan fingerprint density at radius 3 is 2.59 bits per heavy atom. The number of fused-ring (bicyclic) bond motifs is 1. The van der Waals surface area contributed by atoms with Crippen molar-refractivity contribution in [1.82, 2.24) is 0 Å². The second-order valence-corrected chi connectivity index (χ2v) is 4.16. The summed E-state index contributed by atoms with van der Waals surface area (Å²) in [4.78, 5) is 11.7. The average Bonchev–Trinajstić information content (AvgIpc) is 2.62. The average molecular weight is 232 g/mol. The van der Waals surface area contributed by atoms with E-state index < -0.39 is 5.97 Å². The Morgan fingerprint density at radius 1 is 1.24 bits per heavy atom. The molecule has 1 aromatic carbocycles. The van der Waals surface area contributed by atoms with Crippen LogP contribution in [0.1, 0.15) is 34.2 Å². The summed E-state index contributed by atoms with van der Waals surface area (Å²) < 4.78 is 10.6. The highest BCUT2D eigenvalue weighted by atomic mass is 16.5. The van der Waals surface area contributed by atoms with Gasteiger partial charge >= 0.3 is 5.97 Å². The van der Waals surface area contributed by atoms with E-state index in [1.165, 1.54) is 5.56 Å². The lowest BCUT2D eigenvalue weighted by molar-refractivity contribution is 0.0491. The molecule has 0 aliphatic carbocycles. The van der Waals surface area contributed by atoms with Crippen molar-refractivity contribution in [3.8, 4) is 0 Å². The summed E-state index contributed by atoms with van der Waals surface area (Å²) >= 11 is 0. The third-order valence-electron chi connectivity index (χ3n) is 3.09. The molecule has 1 aromatic heterocycles. The number of aryl methyl sites for hydroxylation is 3. The molecule has 0 saturated carbocycles. The van der Waals surface area contributed by atoms with Crippen molar-refractivity contribution in [1.29, 1.82) is 0 Å². The van der Waals surface area contributed by atoms with Crippen LogP contribution in [0.5, 0.6) is 0 Å². The lowest BCUT2D eigenvalue weighted by atomic mass is 10.0. The number of carbonyl (C=O) groups excluding carboxylic acids is 1. The Hall–Kier alpha value is -1.77. The minimum absolute atomic E-state index is 0.315. The molecular weight excluding hydrogens is 216 g/mol. The van der Waals surface area contributed by atoms with Crippen molar-refractivity contribution >= 4 is 16.9 Å². The van der Waals surface area contributed by atoms with E-state index in [-0.39, 0.29) is 0 Å². The summed E-state index contributed by atoms with van der Waals surface area (Å²) in [5.74, 6) is -0.0752. The van der Waals surface area contributed by atoms with Crippen molar-refractivity contribution in [2.24, 2.45) is 0 Å². The Morgan fingerprint density at radius 2 is 1.94 bits per heavy atom. The van der Waals surface area contributed by atoms with E-state index in [4.69, 9.17) is 9.15 Å². The molecular formula is C14H16O3. The van der Waals surface area contributed by atoms with E-state index in [1.54, 1.807) is 6.92 Å². The highest BCUT2D eigenvalue weighted by Gasteiger charge is 2.20. The molecule has 0 bridgehead atoms. The van der Waals surface area contributed by atoms with Crippen LogP contribution in [-0.2, 0) is 4.74 Å². The van der Waals surface area contributed by atoms with Crippen LogP contribution in [-0.4, -0.2) is 12.6 Å². The van der Waals surface area contributed by atoms with Crippen LogP contribution < -0.4 is 0 Å². The number of carbonyl (C=O) groups is 1. The number of hydrogen-bond acceptors (Lipinski definition) is 3. The second kappa shape index (κ2) is 4.24. The molecule has 1 heterocycles. The molecule has 2 rings (SSSR count). The summed E-state index contributed by atoms with van der Waals surface area (Å²) in [5, 5.41) is 1.02. The van der Waals surface area contributed by atoms with E-state index >= 15 is 0 Å². The summed E-state index contributed by atoms with van der Waals surface area (Å²) in [7, 11) is 0. The van der Waals surface area contributed by atoms with Gasteiger partial charge in [0.25, 0.3) is 0 Å². The first-order valence-corrected chi connectivity index (χ1v) is 5.72. The molecule has 0 fully saturated rings. The highest BCUT2D eigenvalue weighted by molar-refractivity contribution is 5.97. The first-order chi connectivity index (χ1) is 8.06. The van der Waals surface area contributed by atoms with Gasteiger partial charge in [0, 0.05) is 10.9 Å². The summed E-state index contributed by atoms with van der Waals surface area (Å²) in [6.45, 7) is 8.11. The maximum absolute atomic E-state index is 11.7. The normalized spacial score (nSPS) is 10.8. The van der Waals surface area contributed by atoms with Crippen molar-refractivity contribution < 1.29 is 13.9 Å². The Balaban J connectivity index is 2.65. The van der Waals surface area contributed by atoms with E-state index in [0.717, 1.165) is 22.1 Å². The van der Waals surface area contributed by atoms with Crippen molar-refractivity contribution in [3.63, 3.8) is 0 Å². The molecule has 2 aromatic rings. The van der Waals surface area contributed by atoms with E-state index in [2.05, 4.69) is 0 Å². The highest BCUT2D eigenvalue weighted by Crippen LogP contribution is 2.30. The Kier molecular flexibility index (Phi) is 2.92. The molecule has 0 spiro atoms. The molecule has 0 aliphatic heterocycles. The van der Waals surface area contributed by atoms with E-state index in [1.807, 2.05) is 32.9 Å². The largest absolute Gasteiger partial charge is 0.460 e. The van der Waals surface area contributed by atoms with Crippen molar-refractivity contribution in [2.75, 3.05) is 6.61 Å². The smallest absolute Gasteiger partial charge is 0.374 e. The zero-order valence-corrected chi connectivity index (χ0v) is 10.6. The Labute approximate surface area is 100 Å². The van der Waals surface area contributed by atoms with Gasteiger partial charge in [-0.05, 0) is 44.9 Å².